The van der Waals surface area contributed by atoms with Crippen LogP contribution in [0.15, 0.2) is 35.5 Å². The van der Waals surface area contributed by atoms with Crippen LogP contribution in [0.1, 0.15) is 24.0 Å². The summed E-state index contributed by atoms with van der Waals surface area (Å²) in [6.45, 7) is 0.714. The van der Waals surface area contributed by atoms with Crippen molar-refractivity contribution < 1.29 is 5.21 Å². The smallest absolute Gasteiger partial charge is 0.223 e. The molecule has 0 radical (unpaired) electrons. The Kier molecular flexibility index (Phi) is 5.97. The van der Waals surface area contributed by atoms with E-state index in [-0.39, 0.29) is 11.1 Å². The summed E-state index contributed by atoms with van der Waals surface area (Å²) in [5.41, 5.74) is 7.32. The summed E-state index contributed by atoms with van der Waals surface area (Å²) in [6.07, 6.45) is 4.23. The number of hydrogen-bond acceptors (Lipinski definition) is 6. The Morgan fingerprint density at radius 1 is 1.23 bits per heavy atom. The molecule has 7 heteroatoms. The Bertz CT molecular complexity index is 633. The molecule has 0 amide bonds. The monoisotopic (exact) mass is 319 g/mol. The highest BCUT2D eigenvalue weighted by molar-refractivity contribution is 6.32. The molecule has 0 saturated carbocycles. The van der Waals surface area contributed by atoms with Gasteiger partial charge in [0.05, 0.1) is 11.8 Å². The zero-order chi connectivity index (χ0) is 15.8. The summed E-state index contributed by atoms with van der Waals surface area (Å²) in [5, 5.41) is 14.9. The Hall–Kier alpha value is -2.34. The molecule has 1 aromatic carbocycles. The fraction of sp³-hybridized carbons (Fsp3) is 0.267. The van der Waals surface area contributed by atoms with Gasteiger partial charge in [-0.25, -0.2) is 4.98 Å². The maximum Gasteiger partial charge on any atom is 0.223 e. The molecule has 1 heterocycles. The standard InChI is InChI=1S/C15H18ClN5O/c16-13-12(10-19-22)14(21-15(17)20-13)18-9-5-4-8-11-6-2-1-3-7-11/h1-3,6-7,10,22H,4-5,8-9H2,(H3,17,18,20,21)/b19-10+. The summed E-state index contributed by atoms with van der Waals surface area (Å²) in [4.78, 5) is 7.90. The first-order chi connectivity index (χ1) is 10.7. The van der Waals surface area contributed by atoms with Gasteiger partial charge in [0.1, 0.15) is 11.0 Å². The van der Waals surface area contributed by atoms with Gasteiger partial charge in [0.25, 0.3) is 0 Å². The van der Waals surface area contributed by atoms with Crippen LogP contribution >= 0.6 is 11.6 Å². The van der Waals surface area contributed by atoms with Crippen LogP contribution in [-0.2, 0) is 6.42 Å². The third-order valence-corrected chi connectivity index (χ3v) is 3.42. The van der Waals surface area contributed by atoms with E-state index in [0.29, 0.717) is 17.9 Å². The summed E-state index contributed by atoms with van der Waals surface area (Å²) < 4.78 is 0. The Morgan fingerprint density at radius 3 is 2.73 bits per heavy atom. The van der Waals surface area contributed by atoms with Gasteiger partial charge < -0.3 is 16.3 Å². The van der Waals surface area contributed by atoms with Crippen molar-refractivity contribution in [1.29, 1.82) is 0 Å². The van der Waals surface area contributed by atoms with E-state index < -0.39 is 0 Å². The second-order valence-electron chi connectivity index (χ2n) is 4.75. The van der Waals surface area contributed by atoms with Gasteiger partial charge >= 0.3 is 0 Å². The van der Waals surface area contributed by atoms with Crippen LogP contribution in [0.25, 0.3) is 0 Å². The maximum absolute atomic E-state index is 8.67. The van der Waals surface area contributed by atoms with E-state index in [1.54, 1.807) is 0 Å². The van der Waals surface area contributed by atoms with Crippen molar-refractivity contribution in [2.45, 2.75) is 19.3 Å². The Labute approximate surface area is 134 Å². The zero-order valence-electron chi connectivity index (χ0n) is 12.0. The quantitative estimate of drug-likeness (QED) is 0.240. The van der Waals surface area contributed by atoms with Gasteiger partial charge in [0.2, 0.25) is 5.95 Å². The molecule has 0 unspecified atom stereocenters. The summed E-state index contributed by atoms with van der Waals surface area (Å²) in [5.74, 6) is 0.543. The summed E-state index contributed by atoms with van der Waals surface area (Å²) >= 11 is 5.96. The molecule has 4 N–H and O–H groups in total. The molecule has 2 rings (SSSR count). The molecule has 0 aliphatic heterocycles. The fourth-order valence-corrected chi connectivity index (χ4v) is 2.30. The Morgan fingerprint density at radius 2 is 2.00 bits per heavy atom. The van der Waals surface area contributed by atoms with E-state index in [1.807, 2.05) is 18.2 Å². The van der Waals surface area contributed by atoms with Crippen molar-refractivity contribution in [3.8, 4) is 0 Å². The van der Waals surface area contributed by atoms with Gasteiger partial charge in [0.15, 0.2) is 0 Å². The maximum atomic E-state index is 8.67. The molecular weight excluding hydrogens is 302 g/mol. The molecule has 0 bridgehead atoms. The van der Waals surface area contributed by atoms with Gasteiger partial charge in [-0.3, -0.25) is 0 Å². The van der Waals surface area contributed by atoms with E-state index in [9.17, 15) is 0 Å². The van der Waals surface area contributed by atoms with E-state index in [2.05, 4.69) is 32.6 Å². The lowest BCUT2D eigenvalue weighted by Gasteiger charge is -2.10. The minimum absolute atomic E-state index is 0.0758. The van der Waals surface area contributed by atoms with Gasteiger partial charge in [0, 0.05) is 6.54 Å². The van der Waals surface area contributed by atoms with Crippen LogP contribution in [0.2, 0.25) is 5.15 Å². The highest BCUT2D eigenvalue weighted by Crippen LogP contribution is 2.20. The number of nitrogens with two attached hydrogens (primary N) is 1. The highest BCUT2D eigenvalue weighted by atomic mass is 35.5. The van der Waals surface area contributed by atoms with Crippen LogP contribution in [0.5, 0.6) is 0 Å². The van der Waals surface area contributed by atoms with Crippen LogP contribution in [-0.4, -0.2) is 27.9 Å². The molecule has 22 heavy (non-hydrogen) atoms. The van der Waals surface area contributed by atoms with Crippen molar-refractivity contribution in [1.82, 2.24) is 9.97 Å². The predicted molar refractivity (Wildman–Crippen MR) is 88.7 cm³/mol. The topological polar surface area (TPSA) is 96.4 Å². The van der Waals surface area contributed by atoms with Crippen molar-refractivity contribution in [2.75, 3.05) is 17.6 Å². The van der Waals surface area contributed by atoms with E-state index >= 15 is 0 Å². The number of halogens is 1. The number of anilines is 2. The zero-order valence-corrected chi connectivity index (χ0v) is 12.8. The minimum Gasteiger partial charge on any atom is -0.411 e. The Balaban J connectivity index is 1.86. The first-order valence-electron chi connectivity index (χ1n) is 6.99. The average Bonchev–Trinajstić information content (AvgIpc) is 2.51. The highest BCUT2D eigenvalue weighted by Gasteiger charge is 2.10. The first kappa shape index (κ1) is 16.0. The van der Waals surface area contributed by atoms with Crippen LogP contribution in [0.3, 0.4) is 0 Å². The number of benzene rings is 1. The third-order valence-electron chi connectivity index (χ3n) is 3.13. The summed E-state index contributed by atoms with van der Waals surface area (Å²) in [6, 6.07) is 10.3. The lowest BCUT2D eigenvalue weighted by Crippen LogP contribution is -2.10. The number of aryl methyl sites for hydroxylation is 1. The number of nitrogens with zero attached hydrogens (tertiary/aromatic N) is 3. The number of unbranched alkanes of at least 4 members (excludes halogenated alkanes) is 1. The number of oxime groups is 1. The normalized spacial score (nSPS) is 11.0. The van der Waals surface area contributed by atoms with Crippen molar-refractivity contribution in [2.24, 2.45) is 5.16 Å². The molecule has 6 nitrogen and oxygen atoms in total. The van der Waals surface area contributed by atoms with E-state index in [0.717, 1.165) is 19.3 Å². The second-order valence-corrected chi connectivity index (χ2v) is 5.11. The molecule has 2 aromatic rings. The molecule has 0 spiro atoms. The van der Waals surface area contributed by atoms with Gasteiger partial charge in [-0.2, -0.15) is 4.98 Å². The third kappa shape index (κ3) is 4.60. The largest absolute Gasteiger partial charge is 0.411 e. The van der Waals surface area contributed by atoms with Crippen LogP contribution < -0.4 is 11.1 Å². The first-order valence-corrected chi connectivity index (χ1v) is 7.36. The SMILES string of the molecule is Nc1nc(Cl)c(/C=N/O)c(NCCCCc2ccccc2)n1. The molecule has 1 aromatic heterocycles. The molecule has 0 saturated heterocycles. The van der Waals surface area contributed by atoms with Crippen molar-refractivity contribution in [3.63, 3.8) is 0 Å². The van der Waals surface area contributed by atoms with E-state index in [4.69, 9.17) is 22.5 Å². The minimum atomic E-state index is 0.0758. The molecule has 0 atom stereocenters. The van der Waals surface area contributed by atoms with Crippen LogP contribution in [0.4, 0.5) is 11.8 Å². The average molecular weight is 320 g/mol. The fourth-order valence-electron chi connectivity index (χ4n) is 2.07. The number of hydrogen-bond donors (Lipinski definition) is 3. The van der Waals surface area contributed by atoms with E-state index in [1.165, 1.54) is 11.8 Å². The molecule has 0 aliphatic carbocycles. The second kappa shape index (κ2) is 8.19. The molecule has 0 aliphatic rings. The summed E-state index contributed by atoms with van der Waals surface area (Å²) in [7, 11) is 0. The van der Waals surface area contributed by atoms with Crippen molar-refractivity contribution >= 4 is 29.6 Å². The lowest BCUT2D eigenvalue weighted by atomic mass is 10.1. The number of nitrogen functional groups attached to an aromatic ring is 1. The van der Waals surface area contributed by atoms with Gasteiger partial charge in [-0.15, -0.1) is 0 Å². The van der Waals surface area contributed by atoms with Crippen LogP contribution in [0, 0.1) is 0 Å². The van der Waals surface area contributed by atoms with Gasteiger partial charge in [-0.05, 0) is 24.8 Å². The molecule has 0 fully saturated rings. The van der Waals surface area contributed by atoms with Crippen molar-refractivity contribution in [3.05, 3.63) is 46.6 Å². The molecule has 116 valence electrons. The number of nitrogens with one attached hydrogen (secondary N) is 1. The lowest BCUT2D eigenvalue weighted by molar-refractivity contribution is 0.322. The number of rotatable bonds is 7. The predicted octanol–water partition coefficient (Wildman–Crippen LogP) is 2.96. The van der Waals surface area contributed by atoms with Gasteiger partial charge in [-0.1, -0.05) is 47.1 Å². The number of aromatic nitrogens is 2. The molecular formula is C15H18ClN5O.